The fourth-order valence-corrected chi connectivity index (χ4v) is 1.12. The molecule has 3 heteroatoms. The average Bonchev–Trinajstić information content (AvgIpc) is 2.72. The summed E-state index contributed by atoms with van der Waals surface area (Å²) in [6, 6.07) is 0. The normalized spacial score (nSPS) is 21.1. The minimum absolute atomic E-state index is 0.316. The fraction of sp³-hybridized carbons (Fsp3) is 0.857. The van der Waals surface area contributed by atoms with Crippen molar-refractivity contribution in [2.24, 2.45) is 5.41 Å². The Morgan fingerprint density at radius 2 is 1.90 bits per heavy atom. The summed E-state index contributed by atoms with van der Waals surface area (Å²) in [7, 11) is 3.11. The Morgan fingerprint density at radius 3 is 2.00 bits per heavy atom. The molecule has 0 atom stereocenters. The van der Waals surface area contributed by atoms with E-state index in [1.807, 2.05) is 0 Å². The average molecular weight is 144 g/mol. The van der Waals surface area contributed by atoms with Gasteiger partial charge in [-0.25, -0.2) is 0 Å². The van der Waals surface area contributed by atoms with Crippen molar-refractivity contribution >= 4 is 6.29 Å². The van der Waals surface area contributed by atoms with E-state index < -0.39 is 0 Å². The maximum Gasteiger partial charge on any atom is 0.168 e. The molecule has 0 N–H and O–H groups in total. The van der Waals surface area contributed by atoms with Crippen LogP contribution in [0.4, 0.5) is 0 Å². The Kier molecular flexibility index (Phi) is 2.06. The van der Waals surface area contributed by atoms with Gasteiger partial charge in [0.2, 0.25) is 0 Å². The molecule has 0 aromatic heterocycles. The van der Waals surface area contributed by atoms with Crippen molar-refractivity contribution in [3.05, 3.63) is 0 Å². The molecule has 58 valence electrons. The zero-order valence-electron chi connectivity index (χ0n) is 6.29. The van der Waals surface area contributed by atoms with Crippen molar-refractivity contribution in [2.45, 2.75) is 19.1 Å². The lowest BCUT2D eigenvalue weighted by Crippen LogP contribution is -2.27. The summed E-state index contributed by atoms with van der Waals surface area (Å²) in [5.74, 6) is 0. The molecule has 1 saturated carbocycles. The van der Waals surface area contributed by atoms with Gasteiger partial charge in [-0.05, 0) is 12.8 Å². The lowest BCUT2D eigenvalue weighted by Gasteiger charge is -2.18. The summed E-state index contributed by atoms with van der Waals surface area (Å²) in [4.78, 5) is 10.5. The monoisotopic (exact) mass is 144 g/mol. The summed E-state index contributed by atoms with van der Waals surface area (Å²) in [5, 5.41) is 0. The lowest BCUT2D eigenvalue weighted by molar-refractivity contribution is -0.154. The second kappa shape index (κ2) is 2.68. The van der Waals surface area contributed by atoms with E-state index in [0.29, 0.717) is 0 Å². The predicted octanol–water partition coefficient (Wildman–Crippen LogP) is 0.584. The first-order valence-corrected chi connectivity index (χ1v) is 3.31. The number of aldehydes is 1. The molecule has 10 heavy (non-hydrogen) atoms. The zero-order chi connectivity index (χ0) is 7.61. The number of rotatable bonds is 4. The molecule has 0 aromatic rings. The number of hydrogen-bond acceptors (Lipinski definition) is 3. The summed E-state index contributed by atoms with van der Waals surface area (Å²) in [5.41, 5.74) is -0.316. The van der Waals surface area contributed by atoms with Crippen molar-refractivity contribution < 1.29 is 14.3 Å². The highest BCUT2D eigenvalue weighted by atomic mass is 16.7. The van der Waals surface area contributed by atoms with E-state index in [1.54, 1.807) is 14.2 Å². The van der Waals surface area contributed by atoms with Crippen LogP contribution < -0.4 is 0 Å². The van der Waals surface area contributed by atoms with Gasteiger partial charge in [-0.2, -0.15) is 0 Å². The summed E-state index contributed by atoms with van der Waals surface area (Å²) < 4.78 is 9.93. The molecule has 1 aliphatic carbocycles. The Hall–Kier alpha value is -0.410. The molecule has 1 fully saturated rings. The molecule has 0 aromatic carbocycles. The number of hydrogen-bond donors (Lipinski definition) is 0. The number of carbonyl (C=O) groups is 1. The van der Waals surface area contributed by atoms with Crippen LogP contribution in [-0.4, -0.2) is 26.8 Å². The van der Waals surface area contributed by atoms with Crippen LogP contribution in [0.2, 0.25) is 0 Å². The largest absolute Gasteiger partial charge is 0.355 e. The van der Waals surface area contributed by atoms with Gasteiger partial charge in [0.15, 0.2) is 6.29 Å². The molecule has 0 unspecified atom stereocenters. The zero-order valence-corrected chi connectivity index (χ0v) is 6.29. The van der Waals surface area contributed by atoms with Crippen molar-refractivity contribution in [1.82, 2.24) is 0 Å². The van der Waals surface area contributed by atoms with Gasteiger partial charge in [0.1, 0.15) is 6.29 Å². The highest BCUT2D eigenvalue weighted by Gasteiger charge is 2.50. The van der Waals surface area contributed by atoms with Crippen LogP contribution in [0.25, 0.3) is 0 Å². The highest BCUT2D eigenvalue weighted by Crippen LogP contribution is 2.47. The van der Waals surface area contributed by atoms with E-state index in [0.717, 1.165) is 19.1 Å². The first-order valence-electron chi connectivity index (χ1n) is 3.31. The van der Waals surface area contributed by atoms with E-state index in [9.17, 15) is 4.79 Å². The lowest BCUT2D eigenvalue weighted by atomic mass is 10.1. The molecule has 0 radical (unpaired) electrons. The SMILES string of the molecule is COC(OC)C1(C=O)CC1. The van der Waals surface area contributed by atoms with E-state index in [1.165, 1.54) is 0 Å². The Morgan fingerprint density at radius 1 is 1.40 bits per heavy atom. The number of carbonyl (C=O) groups excluding carboxylic acids is 1. The second-order valence-electron chi connectivity index (χ2n) is 2.65. The molecule has 0 aliphatic heterocycles. The molecule has 0 heterocycles. The minimum atomic E-state index is -0.343. The molecule has 1 rings (SSSR count). The Balaban J connectivity index is 2.51. The summed E-state index contributed by atoms with van der Waals surface area (Å²) >= 11 is 0. The van der Waals surface area contributed by atoms with Crippen LogP contribution in [-0.2, 0) is 14.3 Å². The van der Waals surface area contributed by atoms with E-state index >= 15 is 0 Å². The summed E-state index contributed by atoms with van der Waals surface area (Å²) in [6.45, 7) is 0. The van der Waals surface area contributed by atoms with Crippen molar-refractivity contribution in [2.75, 3.05) is 14.2 Å². The first-order chi connectivity index (χ1) is 4.79. The van der Waals surface area contributed by atoms with Crippen LogP contribution >= 0.6 is 0 Å². The van der Waals surface area contributed by atoms with Gasteiger partial charge >= 0.3 is 0 Å². The molecular weight excluding hydrogens is 132 g/mol. The quantitative estimate of drug-likeness (QED) is 0.428. The molecule has 0 amide bonds. The van der Waals surface area contributed by atoms with Gasteiger partial charge in [-0.15, -0.1) is 0 Å². The standard InChI is InChI=1S/C7H12O3/c1-9-6(10-2)7(5-8)3-4-7/h5-6H,3-4H2,1-2H3. The van der Waals surface area contributed by atoms with Crippen LogP contribution in [0, 0.1) is 5.41 Å². The Bertz CT molecular complexity index is 125. The van der Waals surface area contributed by atoms with Crippen LogP contribution in [0.5, 0.6) is 0 Å². The van der Waals surface area contributed by atoms with Crippen molar-refractivity contribution in [3.8, 4) is 0 Å². The molecule has 1 aliphatic rings. The van der Waals surface area contributed by atoms with Crippen molar-refractivity contribution in [3.63, 3.8) is 0 Å². The van der Waals surface area contributed by atoms with Gasteiger partial charge in [-0.1, -0.05) is 0 Å². The molecule has 0 bridgehead atoms. The maximum atomic E-state index is 10.5. The third kappa shape index (κ3) is 1.07. The predicted molar refractivity (Wildman–Crippen MR) is 35.5 cm³/mol. The molecule has 0 spiro atoms. The summed E-state index contributed by atoms with van der Waals surface area (Å²) in [6.07, 6.45) is 2.38. The third-order valence-corrected chi connectivity index (χ3v) is 1.96. The van der Waals surface area contributed by atoms with E-state index in [4.69, 9.17) is 9.47 Å². The minimum Gasteiger partial charge on any atom is -0.355 e. The maximum absolute atomic E-state index is 10.5. The fourth-order valence-electron chi connectivity index (χ4n) is 1.12. The van der Waals surface area contributed by atoms with Crippen molar-refractivity contribution in [1.29, 1.82) is 0 Å². The topological polar surface area (TPSA) is 35.5 Å². The highest BCUT2D eigenvalue weighted by molar-refractivity contribution is 5.64. The Labute approximate surface area is 60.3 Å². The first kappa shape index (κ1) is 7.69. The second-order valence-corrected chi connectivity index (χ2v) is 2.65. The van der Waals surface area contributed by atoms with Gasteiger partial charge in [-0.3, -0.25) is 0 Å². The third-order valence-electron chi connectivity index (χ3n) is 1.96. The van der Waals surface area contributed by atoms with Gasteiger partial charge in [0.25, 0.3) is 0 Å². The van der Waals surface area contributed by atoms with Crippen LogP contribution in [0.1, 0.15) is 12.8 Å². The van der Waals surface area contributed by atoms with E-state index in [2.05, 4.69) is 0 Å². The molecular formula is C7H12O3. The van der Waals surface area contributed by atoms with Crippen LogP contribution in [0.3, 0.4) is 0 Å². The van der Waals surface area contributed by atoms with E-state index in [-0.39, 0.29) is 11.7 Å². The molecule has 3 nitrogen and oxygen atoms in total. The molecule has 0 saturated heterocycles. The van der Waals surface area contributed by atoms with Gasteiger partial charge < -0.3 is 14.3 Å². The van der Waals surface area contributed by atoms with Crippen LogP contribution in [0.15, 0.2) is 0 Å². The number of ether oxygens (including phenoxy) is 2. The van der Waals surface area contributed by atoms with Gasteiger partial charge in [0, 0.05) is 14.2 Å². The van der Waals surface area contributed by atoms with Gasteiger partial charge in [0.05, 0.1) is 5.41 Å². The smallest absolute Gasteiger partial charge is 0.168 e. The number of methoxy groups -OCH3 is 2.